The van der Waals surface area contributed by atoms with Gasteiger partial charge in [-0.2, -0.15) is 0 Å². The van der Waals surface area contributed by atoms with Crippen molar-refractivity contribution in [2.75, 3.05) is 10.6 Å². The van der Waals surface area contributed by atoms with E-state index < -0.39 is 0 Å². The number of hydrogen-bond donors (Lipinski definition) is 2. The fourth-order valence-electron chi connectivity index (χ4n) is 3.91. The third-order valence-electron chi connectivity index (χ3n) is 6.14. The molecular formula is C34H24Cl2N4O2. The Balaban J connectivity index is 1.18. The number of amides is 2. The lowest BCUT2D eigenvalue weighted by atomic mass is 10.1. The van der Waals surface area contributed by atoms with Gasteiger partial charge in [0.15, 0.2) is 0 Å². The van der Waals surface area contributed by atoms with Crippen molar-refractivity contribution in [3.63, 3.8) is 0 Å². The smallest absolute Gasteiger partial charge is 0.255 e. The zero-order valence-electron chi connectivity index (χ0n) is 22.2. The van der Waals surface area contributed by atoms with E-state index in [0.717, 1.165) is 11.1 Å². The molecule has 2 amide bonds. The Morgan fingerprint density at radius 2 is 0.905 bits per heavy atom. The number of rotatable bonds is 8. The lowest BCUT2D eigenvalue weighted by Gasteiger charge is -2.10. The van der Waals surface area contributed by atoms with Gasteiger partial charge in [0.25, 0.3) is 11.8 Å². The van der Waals surface area contributed by atoms with Crippen molar-refractivity contribution in [3.8, 4) is 0 Å². The number of hydrogen-bond acceptors (Lipinski definition) is 4. The molecule has 8 heteroatoms. The molecule has 0 aliphatic rings. The van der Waals surface area contributed by atoms with E-state index in [1.807, 2.05) is 60.7 Å². The van der Waals surface area contributed by atoms with Crippen LogP contribution in [0.2, 0.25) is 10.0 Å². The first-order valence-electron chi connectivity index (χ1n) is 12.9. The standard InChI is InChI=1S/C34H24Cl2N4O2/c35-29-19-27(37-21-23-7-3-1-4-8-23)15-17-31(29)39-33(41)25-11-13-26(14-12-25)34(42)40-32-18-16-28(20-30(32)36)38-22-24-9-5-2-6-10-24/h1-22H,(H,39,41)(H,40,42). The van der Waals surface area contributed by atoms with E-state index in [1.54, 1.807) is 73.1 Å². The molecule has 6 nitrogen and oxygen atoms in total. The predicted octanol–water partition coefficient (Wildman–Crippen LogP) is 9.00. The highest BCUT2D eigenvalue weighted by Crippen LogP contribution is 2.29. The van der Waals surface area contributed by atoms with Crippen molar-refractivity contribution in [2.24, 2.45) is 9.98 Å². The maximum Gasteiger partial charge on any atom is 0.255 e. The first-order valence-corrected chi connectivity index (χ1v) is 13.7. The Hall–Kier alpha value is -5.04. The Kier molecular flexibility index (Phi) is 9.19. The number of benzene rings is 5. The van der Waals surface area contributed by atoms with E-state index in [4.69, 9.17) is 23.2 Å². The molecule has 0 atom stereocenters. The van der Waals surface area contributed by atoms with Gasteiger partial charge in [-0.3, -0.25) is 19.6 Å². The molecular weight excluding hydrogens is 567 g/mol. The van der Waals surface area contributed by atoms with Crippen LogP contribution < -0.4 is 10.6 Å². The van der Waals surface area contributed by atoms with Gasteiger partial charge in [0.05, 0.1) is 32.8 Å². The van der Waals surface area contributed by atoms with E-state index in [-0.39, 0.29) is 11.8 Å². The molecule has 0 bridgehead atoms. The summed E-state index contributed by atoms with van der Waals surface area (Å²) in [5, 5.41) is 6.31. The summed E-state index contributed by atoms with van der Waals surface area (Å²) < 4.78 is 0. The summed E-state index contributed by atoms with van der Waals surface area (Å²) in [6, 6.07) is 36.0. The predicted molar refractivity (Wildman–Crippen MR) is 173 cm³/mol. The van der Waals surface area contributed by atoms with Crippen LogP contribution in [-0.4, -0.2) is 24.2 Å². The molecule has 5 aromatic carbocycles. The second-order valence-electron chi connectivity index (χ2n) is 9.15. The maximum atomic E-state index is 12.8. The molecule has 206 valence electrons. The molecule has 5 aromatic rings. The second-order valence-corrected chi connectivity index (χ2v) is 9.97. The van der Waals surface area contributed by atoms with E-state index >= 15 is 0 Å². The number of nitrogens with one attached hydrogen (secondary N) is 2. The zero-order chi connectivity index (χ0) is 29.3. The number of carbonyl (C=O) groups excluding carboxylic acids is 2. The van der Waals surface area contributed by atoms with Crippen LogP contribution in [0.25, 0.3) is 0 Å². The summed E-state index contributed by atoms with van der Waals surface area (Å²) in [6.07, 6.45) is 3.48. The number of anilines is 2. The van der Waals surface area contributed by atoms with Crippen molar-refractivity contribution in [3.05, 3.63) is 154 Å². The number of halogens is 2. The highest BCUT2D eigenvalue weighted by Gasteiger charge is 2.13. The van der Waals surface area contributed by atoms with Crippen molar-refractivity contribution in [1.82, 2.24) is 0 Å². The lowest BCUT2D eigenvalue weighted by Crippen LogP contribution is -2.14. The van der Waals surface area contributed by atoms with Crippen molar-refractivity contribution in [2.45, 2.75) is 0 Å². The molecule has 2 N–H and O–H groups in total. The molecule has 0 aliphatic carbocycles. The Morgan fingerprint density at radius 3 is 1.26 bits per heavy atom. The maximum absolute atomic E-state index is 12.8. The van der Waals surface area contributed by atoms with E-state index in [2.05, 4.69) is 20.6 Å². The zero-order valence-corrected chi connectivity index (χ0v) is 23.7. The molecule has 42 heavy (non-hydrogen) atoms. The Labute approximate surface area is 253 Å². The third-order valence-corrected chi connectivity index (χ3v) is 6.76. The first-order chi connectivity index (χ1) is 20.4. The van der Waals surface area contributed by atoms with Crippen LogP contribution >= 0.6 is 23.2 Å². The fourth-order valence-corrected chi connectivity index (χ4v) is 4.35. The average Bonchev–Trinajstić information content (AvgIpc) is 3.02. The Bertz CT molecular complexity index is 1640. The fraction of sp³-hybridized carbons (Fsp3) is 0. The molecule has 0 heterocycles. The normalized spacial score (nSPS) is 11.1. The van der Waals surface area contributed by atoms with Crippen molar-refractivity contribution < 1.29 is 9.59 Å². The topological polar surface area (TPSA) is 82.9 Å². The molecule has 0 spiro atoms. The Morgan fingerprint density at radius 1 is 0.524 bits per heavy atom. The second kappa shape index (κ2) is 13.5. The van der Waals surface area contributed by atoms with Gasteiger partial charge < -0.3 is 10.6 Å². The van der Waals surface area contributed by atoms with E-state index in [1.165, 1.54) is 0 Å². The highest BCUT2D eigenvalue weighted by molar-refractivity contribution is 6.34. The van der Waals surface area contributed by atoms with Crippen LogP contribution in [0.1, 0.15) is 31.8 Å². The summed E-state index contributed by atoms with van der Waals surface area (Å²) in [5.41, 5.74) is 4.89. The van der Waals surface area contributed by atoms with Gasteiger partial charge in [0.2, 0.25) is 0 Å². The van der Waals surface area contributed by atoms with Gasteiger partial charge in [-0.05, 0) is 71.8 Å². The number of carbonyl (C=O) groups is 2. The molecule has 0 aliphatic heterocycles. The van der Waals surface area contributed by atoms with Gasteiger partial charge in [0, 0.05) is 23.6 Å². The molecule has 0 fully saturated rings. The molecule has 0 radical (unpaired) electrons. The first kappa shape index (κ1) is 28.5. The van der Waals surface area contributed by atoms with E-state index in [9.17, 15) is 9.59 Å². The number of nitrogens with zero attached hydrogens (tertiary/aromatic N) is 2. The van der Waals surface area contributed by atoms with Crippen LogP contribution in [0.4, 0.5) is 22.7 Å². The minimum atomic E-state index is -0.362. The van der Waals surface area contributed by atoms with E-state index in [0.29, 0.717) is 43.9 Å². The minimum absolute atomic E-state index is 0.357. The summed E-state index contributed by atoms with van der Waals surface area (Å²) in [4.78, 5) is 34.5. The lowest BCUT2D eigenvalue weighted by molar-refractivity contribution is 0.101. The summed E-state index contributed by atoms with van der Waals surface area (Å²) in [7, 11) is 0. The molecule has 0 aromatic heterocycles. The van der Waals surface area contributed by atoms with Crippen molar-refractivity contribution >= 4 is 70.2 Å². The summed E-state index contributed by atoms with van der Waals surface area (Å²) in [5.74, 6) is -0.724. The summed E-state index contributed by atoms with van der Waals surface area (Å²) in [6.45, 7) is 0. The third kappa shape index (κ3) is 7.57. The summed E-state index contributed by atoms with van der Waals surface area (Å²) >= 11 is 12.8. The monoisotopic (exact) mass is 590 g/mol. The van der Waals surface area contributed by atoms with Crippen LogP contribution in [0.15, 0.2) is 131 Å². The molecule has 0 saturated carbocycles. The average molecular weight is 591 g/mol. The van der Waals surface area contributed by atoms with Crippen LogP contribution in [0, 0.1) is 0 Å². The van der Waals surface area contributed by atoms with Gasteiger partial charge >= 0.3 is 0 Å². The highest BCUT2D eigenvalue weighted by atomic mass is 35.5. The van der Waals surface area contributed by atoms with Crippen LogP contribution in [-0.2, 0) is 0 Å². The van der Waals surface area contributed by atoms with Gasteiger partial charge in [-0.15, -0.1) is 0 Å². The van der Waals surface area contributed by atoms with Gasteiger partial charge in [-0.25, -0.2) is 0 Å². The van der Waals surface area contributed by atoms with Crippen molar-refractivity contribution in [1.29, 1.82) is 0 Å². The number of aliphatic imine (C=N–C) groups is 2. The molecule has 0 unspecified atom stereocenters. The quantitative estimate of drug-likeness (QED) is 0.177. The van der Waals surface area contributed by atoms with Crippen LogP contribution in [0.3, 0.4) is 0 Å². The van der Waals surface area contributed by atoms with Crippen LogP contribution in [0.5, 0.6) is 0 Å². The SMILES string of the molecule is O=C(Nc1ccc(N=Cc2ccccc2)cc1Cl)c1ccc(C(=O)Nc2ccc(N=Cc3ccccc3)cc2Cl)cc1. The largest absolute Gasteiger partial charge is 0.321 e. The minimum Gasteiger partial charge on any atom is -0.321 e. The van der Waals surface area contributed by atoms with Gasteiger partial charge in [0.1, 0.15) is 0 Å². The molecule has 5 rings (SSSR count). The molecule has 0 saturated heterocycles. The van der Waals surface area contributed by atoms with Gasteiger partial charge in [-0.1, -0.05) is 83.9 Å².